The molecule has 7 nitrogen and oxygen atoms in total. The van der Waals surface area contributed by atoms with Crippen LogP contribution in [0, 0.1) is 0 Å². The van der Waals surface area contributed by atoms with Crippen molar-refractivity contribution in [3.05, 3.63) is 83.2 Å². The second kappa shape index (κ2) is 9.89. The second-order valence-corrected chi connectivity index (χ2v) is 9.94. The highest BCUT2D eigenvalue weighted by Gasteiger charge is 2.23. The summed E-state index contributed by atoms with van der Waals surface area (Å²) in [6.07, 6.45) is 0.548. The van der Waals surface area contributed by atoms with E-state index in [1.54, 1.807) is 17.7 Å². The van der Waals surface area contributed by atoms with Crippen LogP contribution in [0.3, 0.4) is 0 Å². The van der Waals surface area contributed by atoms with Crippen LogP contribution in [-0.2, 0) is 4.79 Å². The van der Waals surface area contributed by atoms with Crippen LogP contribution in [0.25, 0.3) is 26.8 Å². The first kappa shape index (κ1) is 23.1. The molecule has 1 N–H and O–H groups in total. The lowest BCUT2D eigenvalue weighted by molar-refractivity contribution is -0.115. The average Bonchev–Trinajstić information content (AvgIpc) is 3.29. The fraction of sp³-hybridized carbons (Fsp3) is 0.154. The number of thiazole rings is 1. The summed E-state index contributed by atoms with van der Waals surface area (Å²) in [5.41, 5.74) is 1.93. The van der Waals surface area contributed by atoms with Gasteiger partial charge >= 0.3 is 0 Å². The first-order valence-corrected chi connectivity index (χ1v) is 12.8. The van der Waals surface area contributed by atoms with Crippen molar-refractivity contribution >= 4 is 55.3 Å². The van der Waals surface area contributed by atoms with Crippen LogP contribution < -0.4 is 15.6 Å². The summed E-state index contributed by atoms with van der Waals surface area (Å²) in [7, 11) is 1.61. The SMILES string of the molecule is CCC(Sc1nc2ccccc2c(=O)n1-c1ccccc1)C(=O)Nc1nc2ccc(OC)cc2s1. The van der Waals surface area contributed by atoms with Gasteiger partial charge in [-0.2, -0.15) is 0 Å². The van der Waals surface area contributed by atoms with Crippen LogP contribution in [0.5, 0.6) is 5.75 Å². The highest BCUT2D eigenvalue weighted by molar-refractivity contribution is 8.00. The molecule has 2 heterocycles. The highest BCUT2D eigenvalue weighted by atomic mass is 32.2. The minimum absolute atomic E-state index is 0.167. The Labute approximate surface area is 209 Å². The van der Waals surface area contributed by atoms with Gasteiger partial charge in [-0.05, 0) is 48.9 Å². The predicted molar refractivity (Wildman–Crippen MR) is 142 cm³/mol. The third-order valence-corrected chi connectivity index (χ3v) is 7.75. The van der Waals surface area contributed by atoms with Gasteiger partial charge in [0.05, 0.1) is 39.2 Å². The maximum atomic E-state index is 13.4. The Morgan fingerprint density at radius 1 is 1.06 bits per heavy atom. The highest BCUT2D eigenvalue weighted by Crippen LogP contribution is 2.31. The van der Waals surface area contributed by atoms with Crippen LogP contribution in [0.2, 0.25) is 0 Å². The van der Waals surface area contributed by atoms with Crippen molar-refractivity contribution in [2.24, 2.45) is 0 Å². The zero-order valence-electron chi connectivity index (χ0n) is 19.1. The average molecular weight is 503 g/mol. The summed E-state index contributed by atoms with van der Waals surface area (Å²) in [6.45, 7) is 1.94. The van der Waals surface area contributed by atoms with Gasteiger partial charge in [0.1, 0.15) is 5.75 Å². The normalized spacial score (nSPS) is 12.1. The lowest BCUT2D eigenvalue weighted by atomic mass is 10.2. The van der Waals surface area contributed by atoms with E-state index < -0.39 is 5.25 Å². The fourth-order valence-electron chi connectivity index (χ4n) is 3.72. The van der Waals surface area contributed by atoms with Crippen LogP contribution >= 0.6 is 23.1 Å². The third kappa shape index (κ3) is 4.65. The molecule has 5 aromatic rings. The van der Waals surface area contributed by atoms with Gasteiger partial charge in [-0.1, -0.05) is 60.4 Å². The summed E-state index contributed by atoms with van der Waals surface area (Å²) in [4.78, 5) is 35.9. The molecular formula is C26H22N4O3S2. The molecule has 2 aromatic heterocycles. The van der Waals surface area contributed by atoms with Gasteiger partial charge in [0.15, 0.2) is 10.3 Å². The Morgan fingerprint density at radius 2 is 1.83 bits per heavy atom. The lowest BCUT2D eigenvalue weighted by Gasteiger charge is -2.17. The van der Waals surface area contributed by atoms with Gasteiger partial charge in [-0.15, -0.1) is 0 Å². The number of methoxy groups -OCH3 is 1. The van der Waals surface area contributed by atoms with Crippen molar-refractivity contribution in [2.45, 2.75) is 23.8 Å². The molecule has 0 saturated heterocycles. The summed E-state index contributed by atoms with van der Waals surface area (Å²) in [5.74, 6) is 0.549. The monoisotopic (exact) mass is 502 g/mol. The molecule has 35 heavy (non-hydrogen) atoms. The van der Waals surface area contributed by atoms with Gasteiger partial charge in [0.25, 0.3) is 5.56 Å². The summed E-state index contributed by atoms with van der Waals surface area (Å²) in [5, 5.41) is 3.99. The smallest absolute Gasteiger partial charge is 0.266 e. The quantitative estimate of drug-likeness (QED) is 0.233. The van der Waals surface area contributed by atoms with Crippen molar-refractivity contribution in [2.75, 3.05) is 12.4 Å². The van der Waals surface area contributed by atoms with E-state index in [4.69, 9.17) is 9.72 Å². The minimum Gasteiger partial charge on any atom is -0.497 e. The molecule has 9 heteroatoms. The Bertz CT molecular complexity index is 1580. The number of benzene rings is 3. The van der Waals surface area contributed by atoms with E-state index in [1.165, 1.54) is 23.1 Å². The molecule has 0 fully saturated rings. The van der Waals surface area contributed by atoms with E-state index in [9.17, 15) is 9.59 Å². The zero-order chi connectivity index (χ0) is 24.4. The Morgan fingerprint density at radius 3 is 2.60 bits per heavy atom. The number of hydrogen-bond acceptors (Lipinski definition) is 7. The summed E-state index contributed by atoms with van der Waals surface area (Å²) < 4.78 is 7.78. The second-order valence-electron chi connectivity index (χ2n) is 7.74. The van der Waals surface area contributed by atoms with Crippen molar-refractivity contribution in [1.82, 2.24) is 14.5 Å². The molecule has 0 spiro atoms. The number of thioether (sulfide) groups is 1. The Hall–Kier alpha value is -3.69. The molecule has 1 unspecified atom stereocenters. The number of rotatable bonds is 7. The molecule has 0 radical (unpaired) electrons. The number of hydrogen-bond donors (Lipinski definition) is 1. The number of nitrogens with zero attached hydrogens (tertiary/aromatic N) is 3. The summed E-state index contributed by atoms with van der Waals surface area (Å²) >= 11 is 2.67. The first-order chi connectivity index (χ1) is 17.1. The molecule has 5 rings (SSSR count). The molecule has 0 saturated carbocycles. The van der Waals surface area contributed by atoms with E-state index in [2.05, 4.69) is 10.3 Å². The molecule has 3 aromatic carbocycles. The van der Waals surface area contributed by atoms with E-state index in [1.807, 2.05) is 73.7 Å². The van der Waals surface area contributed by atoms with Gasteiger partial charge in [-0.3, -0.25) is 14.2 Å². The van der Waals surface area contributed by atoms with Crippen LogP contribution in [0.1, 0.15) is 13.3 Å². The number of carbonyl (C=O) groups excluding carboxylic acids is 1. The number of ether oxygens (including phenoxy) is 1. The molecule has 1 atom stereocenters. The number of amides is 1. The van der Waals surface area contributed by atoms with E-state index in [-0.39, 0.29) is 11.5 Å². The predicted octanol–water partition coefficient (Wildman–Crippen LogP) is 5.51. The van der Waals surface area contributed by atoms with Gasteiger partial charge in [0.2, 0.25) is 5.91 Å². The number of carbonyl (C=O) groups is 1. The van der Waals surface area contributed by atoms with E-state index in [0.717, 1.165) is 16.0 Å². The van der Waals surface area contributed by atoms with Crippen molar-refractivity contribution in [3.8, 4) is 11.4 Å². The fourth-order valence-corrected chi connectivity index (χ4v) is 5.65. The maximum absolute atomic E-state index is 13.4. The van der Waals surface area contributed by atoms with Gasteiger partial charge in [-0.25, -0.2) is 9.97 Å². The maximum Gasteiger partial charge on any atom is 0.266 e. The Kier molecular flexibility index (Phi) is 6.52. The largest absolute Gasteiger partial charge is 0.497 e. The lowest BCUT2D eigenvalue weighted by Crippen LogP contribution is -2.27. The molecule has 0 aliphatic carbocycles. The molecular weight excluding hydrogens is 480 g/mol. The number of anilines is 1. The third-order valence-electron chi connectivity index (χ3n) is 5.50. The van der Waals surface area contributed by atoms with Crippen molar-refractivity contribution in [1.29, 1.82) is 0 Å². The number of aromatic nitrogens is 3. The van der Waals surface area contributed by atoms with Gasteiger partial charge in [0, 0.05) is 0 Å². The van der Waals surface area contributed by atoms with Crippen molar-refractivity contribution in [3.63, 3.8) is 0 Å². The Balaban J connectivity index is 1.48. The van der Waals surface area contributed by atoms with Crippen LogP contribution in [0.4, 0.5) is 5.13 Å². The number of nitrogens with one attached hydrogen (secondary N) is 1. The van der Waals surface area contributed by atoms with Crippen molar-refractivity contribution < 1.29 is 9.53 Å². The standard InChI is InChI=1S/C26H22N4O3S2/c1-3-21(23(31)29-25-27-20-14-13-17(33-2)15-22(20)34-25)35-26-28-19-12-8-7-11-18(19)24(32)30(26)16-9-5-4-6-10-16/h4-15,21H,3H2,1-2H3,(H,27,29,31). The van der Waals surface area contributed by atoms with Gasteiger partial charge < -0.3 is 10.1 Å². The zero-order valence-corrected chi connectivity index (χ0v) is 20.7. The molecule has 1 amide bonds. The molecule has 176 valence electrons. The molecule has 0 aliphatic heterocycles. The first-order valence-electron chi connectivity index (χ1n) is 11.1. The van der Waals surface area contributed by atoms with Crippen LogP contribution in [0.15, 0.2) is 82.7 Å². The topological polar surface area (TPSA) is 86.1 Å². The number of para-hydroxylation sites is 2. The molecule has 0 aliphatic rings. The van der Waals surface area contributed by atoms with E-state index >= 15 is 0 Å². The summed E-state index contributed by atoms with van der Waals surface area (Å²) in [6, 6.07) is 22.2. The molecule has 0 bridgehead atoms. The minimum atomic E-state index is -0.473. The number of fused-ring (bicyclic) bond motifs is 2. The van der Waals surface area contributed by atoms with E-state index in [0.29, 0.717) is 33.3 Å². The van der Waals surface area contributed by atoms with Crippen LogP contribution in [-0.4, -0.2) is 32.8 Å².